The predicted octanol–water partition coefficient (Wildman–Crippen LogP) is 2.02. The number of halogens is 1. The predicted molar refractivity (Wildman–Crippen MR) is 81.1 cm³/mol. The Bertz CT molecular complexity index is 540. The summed E-state index contributed by atoms with van der Waals surface area (Å²) >= 11 is 5.96. The second-order valence-corrected chi connectivity index (χ2v) is 5.82. The first-order chi connectivity index (χ1) is 9.99. The fourth-order valence-corrected chi connectivity index (χ4v) is 2.89. The van der Waals surface area contributed by atoms with E-state index < -0.39 is 0 Å². The molecule has 1 aromatic heterocycles. The number of carbonyl (C=O) groups excluding carboxylic acids is 2. The van der Waals surface area contributed by atoms with Crippen molar-refractivity contribution in [2.75, 3.05) is 13.1 Å². The molecule has 1 aliphatic rings. The minimum atomic E-state index is -0.270. The molecule has 0 bridgehead atoms. The monoisotopic (exact) mass is 309 g/mol. The van der Waals surface area contributed by atoms with Gasteiger partial charge in [-0.05, 0) is 37.3 Å². The van der Waals surface area contributed by atoms with Crippen molar-refractivity contribution in [2.45, 2.75) is 32.6 Å². The van der Waals surface area contributed by atoms with E-state index in [4.69, 9.17) is 17.3 Å². The highest BCUT2D eigenvalue weighted by Crippen LogP contribution is 2.22. The zero-order valence-corrected chi connectivity index (χ0v) is 12.9. The second kappa shape index (κ2) is 6.89. The Balaban J connectivity index is 2.02. The third-order valence-electron chi connectivity index (χ3n) is 3.85. The van der Waals surface area contributed by atoms with Crippen LogP contribution in [0.25, 0.3) is 0 Å². The van der Waals surface area contributed by atoms with Crippen LogP contribution in [0.1, 0.15) is 42.2 Å². The SMILES string of the molecule is CCc1cc(C(=O)N2CCC(CC(N)=O)CC2)cc(Cl)n1. The smallest absolute Gasteiger partial charge is 0.254 e. The molecule has 6 heteroatoms. The molecule has 2 rings (SSSR count). The van der Waals surface area contributed by atoms with Gasteiger partial charge in [0, 0.05) is 30.8 Å². The third-order valence-corrected chi connectivity index (χ3v) is 4.04. The summed E-state index contributed by atoms with van der Waals surface area (Å²) in [5.74, 6) is -0.00131. The van der Waals surface area contributed by atoms with Crippen molar-refractivity contribution in [1.29, 1.82) is 0 Å². The minimum Gasteiger partial charge on any atom is -0.370 e. The number of carbonyl (C=O) groups is 2. The molecule has 1 aliphatic heterocycles. The highest BCUT2D eigenvalue weighted by molar-refractivity contribution is 6.29. The van der Waals surface area contributed by atoms with E-state index in [9.17, 15) is 9.59 Å². The summed E-state index contributed by atoms with van der Waals surface area (Å²) in [5.41, 5.74) is 6.61. The van der Waals surface area contributed by atoms with Crippen LogP contribution in [-0.4, -0.2) is 34.8 Å². The van der Waals surface area contributed by atoms with Gasteiger partial charge in [0.1, 0.15) is 5.15 Å². The van der Waals surface area contributed by atoms with Crippen LogP contribution in [0.3, 0.4) is 0 Å². The highest BCUT2D eigenvalue weighted by atomic mass is 35.5. The van der Waals surface area contributed by atoms with E-state index in [1.165, 1.54) is 0 Å². The van der Waals surface area contributed by atoms with Crippen molar-refractivity contribution >= 4 is 23.4 Å². The number of aromatic nitrogens is 1. The van der Waals surface area contributed by atoms with Gasteiger partial charge in [-0.2, -0.15) is 0 Å². The minimum absolute atomic E-state index is 0.0217. The zero-order valence-electron chi connectivity index (χ0n) is 12.1. The van der Waals surface area contributed by atoms with Gasteiger partial charge in [-0.25, -0.2) is 4.98 Å². The summed E-state index contributed by atoms with van der Waals surface area (Å²) in [6, 6.07) is 3.41. The van der Waals surface area contributed by atoms with Gasteiger partial charge in [0.15, 0.2) is 0 Å². The summed E-state index contributed by atoms with van der Waals surface area (Å²) in [4.78, 5) is 29.4. The molecule has 21 heavy (non-hydrogen) atoms. The number of hydrogen-bond acceptors (Lipinski definition) is 3. The van der Waals surface area contributed by atoms with Gasteiger partial charge in [-0.1, -0.05) is 18.5 Å². The van der Waals surface area contributed by atoms with Crippen LogP contribution in [0.4, 0.5) is 0 Å². The number of rotatable bonds is 4. The Hall–Kier alpha value is -1.62. The fraction of sp³-hybridized carbons (Fsp3) is 0.533. The molecule has 2 amide bonds. The Morgan fingerprint density at radius 3 is 2.62 bits per heavy atom. The number of nitrogens with zero attached hydrogens (tertiary/aromatic N) is 2. The molecule has 0 spiro atoms. The number of piperidine rings is 1. The van der Waals surface area contributed by atoms with Crippen LogP contribution < -0.4 is 5.73 Å². The molecular formula is C15H20ClN3O2. The molecule has 1 saturated heterocycles. The van der Waals surface area contributed by atoms with Gasteiger partial charge >= 0.3 is 0 Å². The van der Waals surface area contributed by atoms with Crippen LogP contribution in [0, 0.1) is 5.92 Å². The number of hydrogen-bond donors (Lipinski definition) is 1. The maximum atomic E-state index is 12.5. The largest absolute Gasteiger partial charge is 0.370 e. The molecule has 0 saturated carbocycles. The quantitative estimate of drug-likeness (QED) is 0.865. The molecule has 1 fully saturated rings. The summed E-state index contributed by atoms with van der Waals surface area (Å²) in [6.45, 7) is 3.28. The van der Waals surface area contributed by atoms with E-state index in [0.717, 1.165) is 25.0 Å². The molecule has 5 nitrogen and oxygen atoms in total. The standard InChI is InChI=1S/C15H20ClN3O2/c1-2-12-8-11(9-13(16)18-12)15(21)19-5-3-10(4-6-19)7-14(17)20/h8-10H,2-7H2,1H3,(H2,17,20). The lowest BCUT2D eigenvalue weighted by Crippen LogP contribution is -2.39. The van der Waals surface area contributed by atoms with Crippen LogP contribution >= 0.6 is 11.6 Å². The lowest BCUT2D eigenvalue weighted by atomic mass is 9.93. The van der Waals surface area contributed by atoms with Crippen molar-refractivity contribution < 1.29 is 9.59 Å². The van der Waals surface area contributed by atoms with E-state index in [2.05, 4.69) is 4.98 Å². The van der Waals surface area contributed by atoms with E-state index in [1.807, 2.05) is 11.8 Å². The van der Waals surface area contributed by atoms with Crippen molar-refractivity contribution in [2.24, 2.45) is 11.7 Å². The Morgan fingerprint density at radius 2 is 2.05 bits per heavy atom. The van der Waals surface area contributed by atoms with Crippen LogP contribution in [0.2, 0.25) is 5.15 Å². The van der Waals surface area contributed by atoms with Gasteiger partial charge in [0.25, 0.3) is 5.91 Å². The fourth-order valence-electron chi connectivity index (χ4n) is 2.66. The second-order valence-electron chi connectivity index (χ2n) is 5.43. The number of aryl methyl sites for hydroxylation is 1. The topological polar surface area (TPSA) is 76.3 Å². The van der Waals surface area contributed by atoms with E-state index in [0.29, 0.717) is 36.1 Å². The van der Waals surface area contributed by atoms with Gasteiger partial charge in [0.05, 0.1) is 0 Å². The van der Waals surface area contributed by atoms with Crippen LogP contribution in [-0.2, 0) is 11.2 Å². The molecule has 2 heterocycles. The van der Waals surface area contributed by atoms with E-state index >= 15 is 0 Å². The number of pyridine rings is 1. The first-order valence-corrected chi connectivity index (χ1v) is 7.61. The molecule has 2 N–H and O–H groups in total. The normalized spacial score (nSPS) is 16.0. The van der Waals surface area contributed by atoms with Crippen molar-refractivity contribution in [1.82, 2.24) is 9.88 Å². The van der Waals surface area contributed by atoms with Crippen molar-refractivity contribution in [3.63, 3.8) is 0 Å². The molecule has 1 aromatic rings. The maximum Gasteiger partial charge on any atom is 0.254 e. The van der Waals surface area contributed by atoms with Gasteiger partial charge < -0.3 is 10.6 Å². The highest BCUT2D eigenvalue weighted by Gasteiger charge is 2.25. The average molecular weight is 310 g/mol. The number of amides is 2. The molecule has 114 valence electrons. The first kappa shape index (κ1) is 15.8. The Kier molecular flexibility index (Phi) is 5.17. The van der Waals surface area contributed by atoms with E-state index in [1.54, 1.807) is 12.1 Å². The first-order valence-electron chi connectivity index (χ1n) is 7.23. The van der Waals surface area contributed by atoms with Gasteiger partial charge in [-0.3, -0.25) is 9.59 Å². The van der Waals surface area contributed by atoms with Crippen LogP contribution in [0.15, 0.2) is 12.1 Å². The number of primary amides is 1. The third kappa shape index (κ3) is 4.17. The lowest BCUT2D eigenvalue weighted by Gasteiger charge is -2.31. The molecular weight excluding hydrogens is 290 g/mol. The Morgan fingerprint density at radius 1 is 1.38 bits per heavy atom. The molecule has 0 aromatic carbocycles. The van der Waals surface area contributed by atoms with Gasteiger partial charge in [-0.15, -0.1) is 0 Å². The molecule has 0 unspecified atom stereocenters. The lowest BCUT2D eigenvalue weighted by molar-refractivity contribution is -0.119. The number of nitrogens with two attached hydrogens (primary N) is 1. The Labute approximate surface area is 129 Å². The molecule has 0 aliphatic carbocycles. The number of likely N-dealkylation sites (tertiary alicyclic amines) is 1. The molecule has 0 atom stereocenters. The summed E-state index contributed by atoms with van der Waals surface area (Å²) in [7, 11) is 0. The van der Waals surface area contributed by atoms with Gasteiger partial charge in [0.2, 0.25) is 5.91 Å². The summed E-state index contributed by atoms with van der Waals surface area (Å²) in [6.07, 6.45) is 2.77. The van der Waals surface area contributed by atoms with E-state index in [-0.39, 0.29) is 11.8 Å². The van der Waals surface area contributed by atoms with Crippen molar-refractivity contribution in [3.05, 3.63) is 28.5 Å². The summed E-state index contributed by atoms with van der Waals surface area (Å²) < 4.78 is 0. The maximum absolute atomic E-state index is 12.5. The summed E-state index contributed by atoms with van der Waals surface area (Å²) in [5, 5.41) is 0.348. The zero-order chi connectivity index (χ0) is 15.4. The molecule has 0 radical (unpaired) electrons. The van der Waals surface area contributed by atoms with Crippen molar-refractivity contribution in [3.8, 4) is 0 Å². The average Bonchev–Trinajstić information content (AvgIpc) is 2.46. The van der Waals surface area contributed by atoms with Crippen LogP contribution in [0.5, 0.6) is 0 Å².